The molecule has 1 aliphatic rings. The highest BCUT2D eigenvalue weighted by Crippen LogP contribution is 2.27. The molecule has 29 heavy (non-hydrogen) atoms. The first kappa shape index (κ1) is 20.5. The predicted molar refractivity (Wildman–Crippen MR) is 108 cm³/mol. The Balaban J connectivity index is 1.47. The van der Waals surface area contributed by atoms with E-state index in [1.807, 2.05) is 19.1 Å². The Kier molecular flexibility index (Phi) is 6.59. The fraction of sp³-hybridized carbons (Fsp3) is 0.318. The van der Waals surface area contributed by atoms with E-state index in [1.54, 1.807) is 24.3 Å². The van der Waals surface area contributed by atoms with E-state index in [0.29, 0.717) is 11.3 Å². The van der Waals surface area contributed by atoms with Crippen molar-refractivity contribution < 1.29 is 18.8 Å². The minimum absolute atomic E-state index is 0.0510. The van der Waals surface area contributed by atoms with Gasteiger partial charge in [-0.05, 0) is 49.6 Å². The highest BCUT2D eigenvalue weighted by Gasteiger charge is 2.33. The predicted octanol–water partition coefficient (Wildman–Crippen LogP) is 2.42. The SMILES string of the molecule is Cc1ccc(NC(=O)CNC(=O)CN(C(=O)Cc2ccc(F)cc2)C2CC2)cc1. The van der Waals surface area contributed by atoms with Crippen LogP contribution in [0.1, 0.15) is 24.0 Å². The van der Waals surface area contributed by atoms with Crippen LogP contribution in [0.2, 0.25) is 0 Å². The Morgan fingerprint density at radius 2 is 1.66 bits per heavy atom. The van der Waals surface area contributed by atoms with Gasteiger partial charge in [-0.3, -0.25) is 14.4 Å². The third-order valence-corrected chi connectivity index (χ3v) is 4.67. The van der Waals surface area contributed by atoms with Crippen molar-refractivity contribution in [1.29, 1.82) is 0 Å². The molecule has 6 nitrogen and oxygen atoms in total. The summed E-state index contributed by atoms with van der Waals surface area (Å²) in [7, 11) is 0. The first-order chi connectivity index (χ1) is 13.9. The number of hydrogen-bond acceptors (Lipinski definition) is 3. The highest BCUT2D eigenvalue weighted by molar-refractivity contribution is 5.95. The van der Waals surface area contributed by atoms with Crippen molar-refractivity contribution in [3.63, 3.8) is 0 Å². The van der Waals surface area contributed by atoms with Gasteiger partial charge in [0.05, 0.1) is 19.5 Å². The molecule has 0 bridgehead atoms. The van der Waals surface area contributed by atoms with E-state index in [2.05, 4.69) is 10.6 Å². The molecule has 2 aromatic rings. The lowest BCUT2D eigenvalue weighted by atomic mass is 10.1. The van der Waals surface area contributed by atoms with Crippen LogP contribution in [0.25, 0.3) is 0 Å². The maximum atomic E-state index is 13.0. The number of halogens is 1. The monoisotopic (exact) mass is 397 g/mol. The summed E-state index contributed by atoms with van der Waals surface area (Å²) >= 11 is 0. The van der Waals surface area contributed by atoms with Crippen LogP contribution in [0.5, 0.6) is 0 Å². The van der Waals surface area contributed by atoms with Crippen LogP contribution in [0.4, 0.5) is 10.1 Å². The zero-order chi connectivity index (χ0) is 20.8. The van der Waals surface area contributed by atoms with Crippen molar-refractivity contribution >= 4 is 23.4 Å². The van der Waals surface area contributed by atoms with Gasteiger partial charge in [0.1, 0.15) is 5.82 Å². The molecular formula is C22H24FN3O3. The number of aryl methyl sites for hydroxylation is 1. The summed E-state index contributed by atoms with van der Waals surface area (Å²) in [6.07, 6.45) is 1.82. The minimum atomic E-state index is -0.386. The number of hydrogen-bond donors (Lipinski definition) is 2. The molecule has 0 saturated heterocycles. The summed E-state index contributed by atoms with van der Waals surface area (Å²) in [5.74, 6) is -1.26. The standard InChI is InChI=1S/C22H24FN3O3/c1-15-2-8-18(9-3-15)25-20(27)13-24-21(28)14-26(19-10-11-19)22(29)12-16-4-6-17(23)7-5-16/h2-9,19H,10-14H2,1H3,(H,24,28)(H,25,27). The van der Waals surface area contributed by atoms with E-state index in [9.17, 15) is 18.8 Å². The van der Waals surface area contributed by atoms with Crippen LogP contribution in [0, 0.1) is 12.7 Å². The first-order valence-corrected chi connectivity index (χ1v) is 9.58. The fourth-order valence-electron chi connectivity index (χ4n) is 2.92. The van der Waals surface area contributed by atoms with Crippen molar-refractivity contribution in [2.75, 3.05) is 18.4 Å². The lowest BCUT2D eigenvalue weighted by Crippen LogP contribution is -2.44. The van der Waals surface area contributed by atoms with E-state index in [0.717, 1.165) is 18.4 Å². The summed E-state index contributed by atoms with van der Waals surface area (Å²) in [6, 6.07) is 13.1. The molecule has 3 rings (SSSR count). The molecule has 3 amide bonds. The third-order valence-electron chi connectivity index (χ3n) is 4.67. The van der Waals surface area contributed by atoms with Crippen molar-refractivity contribution in [3.05, 3.63) is 65.5 Å². The summed E-state index contributed by atoms with van der Waals surface area (Å²) in [4.78, 5) is 38.4. The lowest BCUT2D eigenvalue weighted by Gasteiger charge is -2.22. The van der Waals surface area contributed by atoms with Gasteiger partial charge in [0.25, 0.3) is 0 Å². The lowest BCUT2D eigenvalue weighted by molar-refractivity contribution is -0.136. The van der Waals surface area contributed by atoms with Gasteiger partial charge in [-0.1, -0.05) is 29.8 Å². The average Bonchev–Trinajstić information content (AvgIpc) is 3.53. The molecule has 1 fully saturated rings. The van der Waals surface area contributed by atoms with Gasteiger partial charge in [0.2, 0.25) is 17.7 Å². The number of benzene rings is 2. The molecule has 0 aromatic heterocycles. The van der Waals surface area contributed by atoms with Crippen LogP contribution < -0.4 is 10.6 Å². The maximum absolute atomic E-state index is 13.0. The summed E-state index contributed by atoms with van der Waals surface area (Å²) in [5, 5.41) is 5.27. The van der Waals surface area contributed by atoms with Crippen LogP contribution >= 0.6 is 0 Å². The van der Waals surface area contributed by atoms with Crippen LogP contribution in [-0.4, -0.2) is 41.8 Å². The normalized spacial score (nSPS) is 12.9. The van der Waals surface area contributed by atoms with Crippen LogP contribution in [0.3, 0.4) is 0 Å². The van der Waals surface area contributed by atoms with Gasteiger partial charge >= 0.3 is 0 Å². The first-order valence-electron chi connectivity index (χ1n) is 9.58. The van der Waals surface area contributed by atoms with E-state index >= 15 is 0 Å². The van der Waals surface area contributed by atoms with Crippen molar-refractivity contribution in [1.82, 2.24) is 10.2 Å². The third kappa shape index (κ3) is 6.41. The van der Waals surface area contributed by atoms with E-state index in [-0.39, 0.29) is 49.1 Å². The maximum Gasteiger partial charge on any atom is 0.243 e. The van der Waals surface area contributed by atoms with Crippen molar-refractivity contribution in [2.24, 2.45) is 0 Å². The van der Waals surface area contributed by atoms with E-state index < -0.39 is 0 Å². The molecule has 0 spiro atoms. The molecule has 7 heteroatoms. The quantitative estimate of drug-likeness (QED) is 0.718. The number of carbonyl (C=O) groups excluding carboxylic acids is 3. The fourth-order valence-corrected chi connectivity index (χ4v) is 2.92. The van der Waals surface area contributed by atoms with Gasteiger partial charge < -0.3 is 15.5 Å². The highest BCUT2D eigenvalue weighted by atomic mass is 19.1. The topological polar surface area (TPSA) is 78.5 Å². The Labute approximate surface area is 169 Å². The van der Waals surface area contributed by atoms with Gasteiger partial charge in [0, 0.05) is 11.7 Å². The Hall–Kier alpha value is -3.22. The van der Waals surface area contributed by atoms with Gasteiger partial charge in [-0.2, -0.15) is 0 Å². The molecule has 152 valence electrons. The van der Waals surface area contributed by atoms with Crippen molar-refractivity contribution in [3.8, 4) is 0 Å². The molecule has 0 unspecified atom stereocenters. The minimum Gasteiger partial charge on any atom is -0.345 e. The summed E-state index contributed by atoms with van der Waals surface area (Å²) in [5.41, 5.74) is 2.44. The van der Waals surface area contributed by atoms with Gasteiger partial charge in [-0.25, -0.2) is 4.39 Å². The van der Waals surface area contributed by atoms with E-state index in [4.69, 9.17) is 0 Å². The second-order valence-corrected chi connectivity index (χ2v) is 7.25. The largest absolute Gasteiger partial charge is 0.345 e. The average molecular weight is 397 g/mol. The zero-order valence-corrected chi connectivity index (χ0v) is 16.3. The molecule has 0 heterocycles. The number of anilines is 1. The van der Waals surface area contributed by atoms with Crippen molar-refractivity contribution in [2.45, 2.75) is 32.2 Å². The number of amides is 3. The molecule has 2 N–H and O–H groups in total. The number of carbonyl (C=O) groups is 3. The molecular weight excluding hydrogens is 373 g/mol. The molecule has 0 radical (unpaired) electrons. The Morgan fingerprint density at radius 3 is 2.28 bits per heavy atom. The van der Waals surface area contributed by atoms with Crippen LogP contribution in [0.15, 0.2) is 48.5 Å². The molecule has 0 atom stereocenters. The summed E-state index contributed by atoms with van der Waals surface area (Å²) in [6.45, 7) is 1.69. The van der Waals surface area contributed by atoms with Gasteiger partial charge in [0.15, 0.2) is 0 Å². The smallest absolute Gasteiger partial charge is 0.243 e. The molecule has 1 aliphatic carbocycles. The Bertz CT molecular complexity index is 877. The van der Waals surface area contributed by atoms with Gasteiger partial charge in [-0.15, -0.1) is 0 Å². The molecule has 2 aromatic carbocycles. The summed E-state index contributed by atoms with van der Waals surface area (Å²) < 4.78 is 13.0. The second-order valence-electron chi connectivity index (χ2n) is 7.25. The van der Waals surface area contributed by atoms with E-state index in [1.165, 1.54) is 17.0 Å². The molecule has 0 aliphatic heterocycles. The number of nitrogens with one attached hydrogen (secondary N) is 2. The number of rotatable bonds is 8. The number of nitrogens with zero attached hydrogens (tertiary/aromatic N) is 1. The van der Waals surface area contributed by atoms with Crippen LogP contribution in [-0.2, 0) is 20.8 Å². The second kappa shape index (κ2) is 9.32. The Morgan fingerprint density at radius 1 is 1.00 bits per heavy atom. The molecule has 1 saturated carbocycles. The zero-order valence-electron chi connectivity index (χ0n) is 16.3.